The molecule has 1 N–H and O–H groups in total. The van der Waals surface area contributed by atoms with Crippen molar-refractivity contribution in [2.24, 2.45) is 0 Å². The molecule has 2 bridgehead atoms. The van der Waals surface area contributed by atoms with Crippen LogP contribution in [0.15, 0.2) is 30.3 Å². The molecule has 2 heterocycles. The number of aliphatic hydroxyl groups is 1. The molecule has 0 amide bonds. The third kappa shape index (κ3) is 2.58. The van der Waals surface area contributed by atoms with Gasteiger partial charge in [-0.1, -0.05) is 30.3 Å². The first kappa shape index (κ1) is 13.6. The summed E-state index contributed by atoms with van der Waals surface area (Å²) >= 11 is 0. The lowest BCUT2D eigenvalue weighted by Gasteiger charge is -2.36. The zero-order chi connectivity index (χ0) is 14.1. The maximum atomic E-state index is 12.0. The number of piperidine rings is 1. The van der Waals surface area contributed by atoms with Crippen LogP contribution in [0.5, 0.6) is 0 Å². The zero-order valence-electron chi connectivity index (χ0n) is 11.7. The minimum Gasteiger partial charge on any atom is -0.460 e. The van der Waals surface area contributed by atoms with Crippen molar-refractivity contribution in [1.29, 1.82) is 0 Å². The van der Waals surface area contributed by atoms with E-state index in [0.717, 1.165) is 12.8 Å². The van der Waals surface area contributed by atoms with Crippen molar-refractivity contribution < 1.29 is 14.6 Å². The first-order chi connectivity index (χ1) is 9.65. The number of nitrogens with zero attached hydrogens (tertiary/aromatic N) is 1. The predicted molar refractivity (Wildman–Crippen MR) is 75.1 cm³/mol. The molecule has 2 saturated heterocycles. The molecule has 4 atom stereocenters. The second kappa shape index (κ2) is 5.54. The highest BCUT2D eigenvalue weighted by atomic mass is 16.6. The summed E-state index contributed by atoms with van der Waals surface area (Å²) in [7, 11) is 2.15. The van der Waals surface area contributed by atoms with E-state index in [2.05, 4.69) is 11.9 Å². The van der Waals surface area contributed by atoms with Crippen LogP contribution in [-0.4, -0.2) is 41.2 Å². The number of esters is 1. The van der Waals surface area contributed by atoms with Crippen molar-refractivity contribution in [3.63, 3.8) is 0 Å². The number of ether oxygens (including phenoxy) is 1. The molecule has 108 valence electrons. The number of carbonyl (C=O) groups excluding carboxylic acids is 1. The van der Waals surface area contributed by atoms with E-state index < -0.39 is 12.1 Å². The molecular formula is C16H21NO3. The minimum atomic E-state index is -1.17. The lowest BCUT2D eigenvalue weighted by atomic mass is 10.0. The Morgan fingerprint density at radius 3 is 2.45 bits per heavy atom. The summed E-state index contributed by atoms with van der Waals surface area (Å²) in [4.78, 5) is 14.4. The van der Waals surface area contributed by atoms with Crippen LogP contribution in [0.4, 0.5) is 0 Å². The Hall–Kier alpha value is -1.39. The van der Waals surface area contributed by atoms with Gasteiger partial charge in [0.25, 0.3) is 0 Å². The minimum absolute atomic E-state index is 0.0467. The lowest BCUT2D eigenvalue weighted by Crippen LogP contribution is -2.43. The van der Waals surface area contributed by atoms with Crippen molar-refractivity contribution in [2.75, 3.05) is 7.05 Å². The van der Waals surface area contributed by atoms with E-state index in [-0.39, 0.29) is 6.10 Å². The number of hydrogen-bond donors (Lipinski definition) is 1. The Balaban J connectivity index is 1.60. The summed E-state index contributed by atoms with van der Waals surface area (Å²) in [6.07, 6.45) is 2.94. The van der Waals surface area contributed by atoms with Crippen molar-refractivity contribution in [1.82, 2.24) is 4.90 Å². The van der Waals surface area contributed by atoms with Gasteiger partial charge in [0.1, 0.15) is 6.10 Å². The fourth-order valence-electron chi connectivity index (χ4n) is 3.46. The second-order valence-corrected chi connectivity index (χ2v) is 5.89. The van der Waals surface area contributed by atoms with Gasteiger partial charge < -0.3 is 14.7 Å². The van der Waals surface area contributed by atoms with E-state index in [1.807, 2.05) is 18.2 Å². The number of carbonyl (C=O) groups is 1. The van der Waals surface area contributed by atoms with Crippen LogP contribution in [0.2, 0.25) is 0 Å². The summed E-state index contributed by atoms with van der Waals surface area (Å²) in [5, 5.41) is 10.0. The molecule has 2 aliphatic heterocycles. The third-order valence-electron chi connectivity index (χ3n) is 4.68. The highest BCUT2D eigenvalue weighted by molar-refractivity contribution is 5.76. The van der Waals surface area contributed by atoms with Gasteiger partial charge in [-0.05, 0) is 38.3 Å². The van der Waals surface area contributed by atoms with Gasteiger partial charge >= 0.3 is 5.97 Å². The molecule has 4 heteroatoms. The summed E-state index contributed by atoms with van der Waals surface area (Å²) in [6.45, 7) is 0. The normalized spacial score (nSPS) is 31.0. The molecule has 2 aliphatic rings. The predicted octanol–water partition coefficient (Wildman–Crippen LogP) is 1.89. The van der Waals surface area contributed by atoms with E-state index >= 15 is 0 Å². The number of fused-ring (bicyclic) bond motifs is 2. The maximum Gasteiger partial charge on any atom is 0.339 e. The van der Waals surface area contributed by atoms with Crippen molar-refractivity contribution in [3.8, 4) is 0 Å². The van der Waals surface area contributed by atoms with E-state index in [0.29, 0.717) is 17.6 Å². The van der Waals surface area contributed by atoms with Crippen LogP contribution in [-0.2, 0) is 9.53 Å². The molecule has 3 unspecified atom stereocenters. The lowest BCUT2D eigenvalue weighted by molar-refractivity contribution is -0.162. The van der Waals surface area contributed by atoms with Gasteiger partial charge in [-0.25, -0.2) is 4.79 Å². The highest BCUT2D eigenvalue weighted by Gasteiger charge is 2.40. The van der Waals surface area contributed by atoms with Crippen molar-refractivity contribution >= 4 is 5.97 Å². The smallest absolute Gasteiger partial charge is 0.339 e. The van der Waals surface area contributed by atoms with Crippen LogP contribution < -0.4 is 0 Å². The Bertz CT molecular complexity index is 462. The average Bonchev–Trinajstić information content (AvgIpc) is 2.69. The Kier molecular flexibility index (Phi) is 3.76. The number of rotatable bonds is 3. The Labute approximate surface area is 119 Å². The van der Waals surface area contributed by atoms with Crippen LogP contribution >= 0.6 is 0 Å². The third-order valence-corrected chi connectivity index (χ3v) is 4.68. The molecular weight excluding hydrogens is 254 g/mol. The molecule has 0 aliphatic carbocycles. The van der Waals surface area contributed by atoms with Crippen LogP contribution in [0.25, 0.3) is 0 Å². The van der Waals surface area contributed by atoms with Crippen molar-refractivity contribution in [3.05, 3.63) is 35.9 Å². The molecule has 20 heavy (non-hydrogen) atoms. The van der Waals surface area contributed by atoms with Crippen LogP contribution in [0, 0.1) is 0 Å². The van der Waals surface area contributed by atoms with Gasteiger partial charge in [0.15, 0.2) is 6.10 Å². The van der Waals surface area contributed by atoms with Gasteiger partial charge in [0.05, 0.1) is 0 Å². The highest BCUT2D eigenvalue weighted by Crippen LogP contribution is 2.35. The fraction of sp³-hybridized carbons (Fsp3) is 0.562. The maximum absolute atomic E-state index is 12.0. The Morgan fingerprint density at radius 1 is 1.25 bits per heavy atom. The largest absolute Gasteiger partial charge is 0.460 e. The quantitative estimate of drug-likeness (QED) is 0.856. The first-order valence-electron chi connectivity index (χ1n) is 7.30. The summed E-state index contributed by atoms with van der Waals surface area (Å²) in [5.74, 6) is -0.523. The molecule has 2 fully saturated rings. The van der Waals surface area contributed by atoms with Gasteiger partial charge in [-0.3, -0.25) is 0 Å². The van der Waals surface area contributed by atoms with E-state index in [4.69, 9.17) is 4.74 Å². The van der Waals surface area contributed by atoms with E-state index in [1.54, 1.807) is 12.1 Å². The number of hydrogen-bond acceptors (Lipinski definition) is 4. The molecule has 0 spiro atoms. The number of benzene rings is 1. The van der Waals surface area contributed by atoms with E-state index in [9.17, 15) is 9.90 Å². The van der Waals surface area contributed by atoms with Gasteiger partial charge in [0, 0.05) is 12.1 Å². The van der Waals surface area contributed by atoms with Gasteiger partial charge in [0.2, 0.25) is 0 Å². The molecule has 0 radical (unpaired) electrons. The van der Waals surface area contributed by atoms with Crippen molar-refractivity contribution in [2.45, 2.75) is 50.0 Å². The van der Waals surface area contributed by atoms with E-state index in [1.165, 1.54) is 12.8 Å². The molecule has 1 aromatic rings. The van der Waals surface area contributed by atoms with Crippen LogP contribution in [0.3, 0.4) is 0 Å². The topological polar surface area (TPSA) is 49.8 Å². The standard InChI is InChI=1S/C16H21NO3/c1-17-12-7-8-13(17)10-14(9-12)20-16(19)15(18)11-5-3-2-4-6-11/h2-6,12-15,18H,7-10H2,1H3/t12-,13?,14?,15?/m0/s1. The molecule has 1 aromatic carbocycles. The SMILES string of the molecule is CN1C2CC[C@H]1CC(OC(=O)C(O)c1ccccc1)C2. The summed E-state index contributed by atoms with van der Waals surface area (Å²) < 4.78 is 5.52. The molecule has 0 saturated carbocycles. The average molecular weight is 275 g/mol. The van der Waals surface area contributed by atoms with Gasteiger partial charge in [-0.15, -0.1) is 0 Å². The monoisotopic (exact) mass is 275 g/mol. The molecule has 4 nitrogen and oxygen atoms in total. The zero-order valence-corrected chi connectivity index (χ0v) is 11.7. The van der Waals surface area contributed by atoms with Gasteiger partial charge in [-0.2, -0.15) is 0 Å². The first-order valence-corrected chi connectivity index (χ1v) is 7.30. The summed E-state index contributed by atoms with van der Waals surface area (Å²) in [5.41, 5.74) is 0.591. The van der Waals surface area contributed by atoms with Crippen LogP contribution in [0.1, 0.15) is 37.4 Å². The summed E-state index contributed by atoms with van der Waals surface area (Å²) in [6, 6.07) is 10.0. The fourth-order valence-corrected chi connectivity index (χ4v) is 3.46. The second-order valence-electron chi connectivity index (χ2n) is 5.89. The Morgan fingerprint density at radius 2 is 1.85 bits per heavy atom. The molecule has 0 aromatic heterocycles. The molecule has 3 rings (SSSR count). The number of aliphatic hydroxyl groups excluding tert-OH is 1.